The predicted molar refractivity (Wildman–Crippen MR) is 159 cm³/mol. The first kappa shape index (κ1) is 31.0. The number of carbonyl (C=O) groups excluding carboxylic acids is 2. The van der Waals surface area contributed by atoms with Gasteiger partial charge in [-0.3, -0.25) is 19.6 Å². The molecule has 2 aliphatic heterocycles. The molecule has 4 aliphatic rings. The SMILES string of the molecule is CCC(C)=C(C(=O)NP(=O)(O)O)C(=O)N(c1ccccc1C)C1CC2CCCCC1CN2C1CCCCCCC1. The third-order valence-electron chi connectivity index (χ3n) is 9.45. The van der Waals surface area contributed by atoms with Crippen molar-refractivity contribution in [2.75, 3.05) is 11.4 Å². The van der Waals surface area contributed by atoms with Crippen LogP contribution >= 0.6 is 7.75 Å². The van der Waals surface area contributed by atoms with E-state index in [1.54, 1.807) is 12.0 Å². The molecule has 1 aromatic rings. The smallest absolute Gasteiger partial charge is 0.308 e. The number of hydrogen-bond acceptors (Lipinski definition) is 4. The molecule has 0 aromatic heterocycles. The van der Waals surface area contributed by atoms with Crippen LogP contribution < -0.4 is 9.99 Å². The van der Waals surface area contributed by atoms with E-state index in [-0.39, 0.29) is 17.5 Å². The van der Waals surface area contributed by atoms with Crippen LogP contribution in [0.15, 0.2) is 35.4 Å². The molecule has 2 saturated carbocycles. The highest BCUT2D eigenvalue weighted by molar-refractivity contribution is 7.50. The summed E-state index contributed by atoms with van der Waals surface area (Å²) in [6, 6.07) is 8.66. The van der Waals surface area contributed by atoms with Gasteiger partial charge >= 0.3 is 7.75 Å². The van der Waals surface area contributed by atoms with Crippen molar-refractivity contribution < 1.29 is 23.9 Å². The van der Waals surface area contributed by atoms with E-state index in [4.69, 9.17) is 0 Å². The Labute approximate surface area is 239 Å². The first-order valence-corrected chi connectivity index (χ1v) is 16.9. The van der Waals surface area contributed by atoms with Crippen molar-refractivity contribution in [3.63, 3.8) is 0 Å². The van der Waals surface area contributed by atoms with Crippen molar-refractivity contribution in [2.45, 2.75) is 122 Å². The van der Waals surface area contributed by atoms with Gasteiger partial charge in [0, 0.05) is 30.4 Å². The van der Waals surface area contributed by atoms with E-state index in [9.17, 15) is 23.9 Å². The molecule has 9 heteroatoms. The number of piperidine rings is 1. The molecule has 40 heavy (non-hydrogen) atoms. The lowest BCUT2D eigenvalue weighted by Crippen LogP contribution is -2.60. The topological polar surface area (TPSA) is 110 Å². The number of aryl methyl sites for hydroxylation is 1. The molecule has 2 heterocycles. The molecule has 222 valence electrons. The van der Waals surface area contributed by atoms with Crippen LogP contribution in [-0.2, 0) is 14.2 Å². The highest BCUT2D eigenvalue weighted by atomic mass is 31.2. The molecule has 0 spiro atoms. The molecule has 2 saturated heterocycles. The third kappa shape index (κ3) is 7.44. The molecular formula is C31H48N3O5P. The van der Waals surface area contributed by atoms with Gasteiger partial charge in [0.1, 0.15) is 5.57 Å². The summed E-state index contributed by atoms with van der Waals surface area (Å²) in [5, 5.41) is 1.77. The second kappa shape index (κ2) is 13.8. The highest BCUT2D eigenvalue weighted by Crippen LogP contribution is 2.41. The van der Waals surface area contributed by atoms with Gasteiger partial charge in [-0.15, -0.1) is 0 Å². The van der Waals surface area contributed by atoms with Crippen LogP contribution in [0.2, 0.25) is 0 Å². The van der Waals surface area contributed by atoms with E-state index >= 15 is 0 Å². The van der Waals surface area contributed by atoms with E-state index in [0.717, 1.165) is 43.5 Å². The fourth-order valence-corrected chi connectivity index (χ4v) is 7.64. The van der Waals surface area contributed by atoms with Crippen molar-refractivity contribution in [2.24, 2.45) is 5.92 Å². The van der Waals surface area contributed by atoms with Crippen LogP contribution in [0.3, 0.4) is 0 Å². The summed E-state index contributed by atoms with van der Waals surface area (Å²) < 4.78 is 11.7. The maximum absolute atomic E-state index is 14.5. The minimum absolute atomic E-state index is 0.0915. The first-order valence-electron chi connectivity index (χ1n) is 15.3. The highest BCUT2D eigenvalue weighted by Gasteiger charge is 2.45. The summed E-state index contributed by atoms with van der Waals surface area (Å²) in [4.78, 5) is 51.3. The van der Waals surface area contributed by atoms with Crippen LogP contribution in [0.5, 0.6) is 0 Å². The Balaban J connectivity index is 1.73. The van der Waals surface area contributed by atoms with Crippen LogP contribution in [0.25, 0.3) is 0 Å². The van der Waals surface area contributed by atoms with E-state index in [2.05, 4.69) is 4.90 Å². The predicted octanol–water partition coefficient (Wildman–Crippen LogP) is 6.01. The summed E-state index contributed by atoms with van der Waals surface area (Å²) in [6.45, 7) is 6.47. The molecule has 3 unspecified atom stereocenters. The van der Waals surface area contributed by atoms with Crippen LogP contribution in [0.1, 0.15) is 103 Å². The van der Waals surface area contributed by atoms with Crippen molar-refractivity contribution in [1.82, 2.24) is 9.99 Å². The fourth-order valence-electron chi connectivity index (χ4n) is 7.26. The lowest BCUT2D eigenvalue weighted by Gasteiger charge is -2.52. The second-order valence-electron chi connectivity index (χ2n) is 12.2. The Morgan fingerprint density at radius 3 is 2.23 bits per heavy atom. The first-order chi connectivity index (χ1) is 19.1. The Kier molecular flexibility index (Phi) is 10.7. The van der Waals surface area contributed by atoms with Crippen molar-refractivity contribution in [3.05, 3.63) is 41.0 Å². The number of benzene rings is 1. The summed E-state index contributed by atoms with van der Waals surface area (Å²) >= 11 is 0. The number of hydrogen-bond donors (Lipinski definition) is 3. The largest absolute Gasteiger partial charge is 0.430 e. The summed E-state index contributed by atoms with van der Waals surface area (Å²) in [5.74, 6) is -1.21. The average molecular weight is 574 g/mol. The van der Waals surface area contributed by atoms with Gasteiger partial charge in [-0.05, 0) is 69.9 Å². The minimum Gasteiger partial charge on any atom is -0.308 e. The van der Waals surface area contributed by atoms with Crippen LogP contribution in [-0.4, -0.2) is 51.2 Å². The molecule has 2 amide bonds. The summed E-state index contributed by atoms with van der Waals surface area (Å²) in [6.07, 6.45) is 14.8. The second-order valence-corrected chi connectivity index (χ2v) is 13.5. The van der Waals surface area contributed by atoms with Crippen LogP contribution in [0, 0.1) is 12.8 Å². The molecule has 4 fully saturated rings. The van der Waals surface area contributed by atoms with Crippen molar-refractivity contribution in [3.8, 4) is 0 Å². The monoisotopic (exact) mass is 573 g/mol. The normalized spacial score (nSPS) is 25.7. The van der Waals surface area contributed by atoms with Crippen LogP contribution in [0.4, 0.5) is 5.69 Å². The average Bonchev–Trinajstić information content (AvgIpc) is 2.85. The number of rotatable bonds is 7. The Hall–Kier alpha value is -1.99. The number of anilines is 1. The van der Waals surface area contributed by atoms with Gasteiger partial charge < -0.3 is 14.7 Å². The zero-order chi connectivity index (χ0) is 28.9. The standard InChI is InChI=1S/C31H48N3O5P/c1-4-22(2)29(30(35)32-40(37,38)39)31(36)34(27-19-13-10-14-23(27)3)28-20-26-18-12-11-15-24(28)21-33(26)25-16-8-6-5-7-9-17-25/h10,13-14,19,24-26,28H,4-9,11-12,15-18,20-21H2,1-3H3,(H3,32,35,37,38,39). The number of fused-ring (bicyclic) bond motifs is 5. The number of carbonyl (C=O) groups is 2. The number of amides is 2. The molecule has 8 nitrogen and oxygen atoms in total. The lowest BCUT2D eigenvalue weighted by molar-refractivity contribution is -0.122. The molecule has 1 aromatic carbocycles. The molecule has 5 rings (SSSR count). The van der Waals surface area contributed by atoms with Gasteiger partial charge in [-0.25, -0.2) is 4.57 Å². The molecule has 0 radical (unpaired) electrons. The zero-order valence-electron chi connectivity index (χ0n) is 24.5. The van der Waals surface area contributed by atoms with Crippen molar-refractivity contribution in [1.29, 1.82) is 0 Å². The van der Waals surface area contributed by atoms with Gasteiger partial charge in [0.05, 0.1) is 0 Å². The summed E-state index contributed by atoms with van der Waals surface area (Å²) in [7, 11) is -4.87. The Morgan fingerprint density at radius 2 is 1.57 bits per heavy atom. The number of nitrogens with one attached hydrogen (secondary N) is 1. The number of nitrogens with zero attached hydrogens (tertiary/aromatic N) is 2. The summed E-state index contributed by atoms with van der Waals surface area (Å²) in [5.41, 5.74) is 2.06. The van der Waals surface area contributed by atoms with Gasteiger partial charge in [-0.1, -0.05) is 75.6 Å². The molecule has 3 N–H and O–H groups in total. The molecular weight excluding hydrogens is 525 g/mol. The Bertz CT molecular complexity index is 1120. The van der Waals surface area contributed by atoms with Gasteiger partial charge in [-0.2, -0.15) is 0 Å². The van der Waals surface area contributed by atoms with E-state index in [1.807, 2.05) is 43.0 Å². The Morgan fingerprint density at radius 1 is 0.975 bits per heavy atom. The van der Waals surface area contributed by atoms with E-state index in [1.165, 1.54) is 51.4 Å². The third-order valence-corrected chi connectivity index (χ3v) is 9.94. The minimum atomic E-state index is -4.87. The van der Waals surface area contributed by atoms with E-state index in [0.29, 0.717) is 24.1 Å². The molecule has 3 atom stereocenters. The van der Waals surface area contributed by atoms with E-state index < -0.39 is 19.6 Å². The van der Waals surface area contributed by atoms with Crippen molar-refractivity contribution >= 4 is 25.2 Å². The fraction of sp³-hybridized carbons (Fsp3) is 0.677. The lowest BCUT2D eigenvalue weighted by atomic mass is 9.76. The van der Waals surface area contributed by atoms with Gasteiger partial charge in [0.15, 0.2) is 0 Å². The molecule has 2 bridgehead atoms. The maximum atomic E-state index is 14.5. The maximum Gasteiger partial charge on any atom is 0.430 e. The van der Waals surface area contributed by atoms with Gasteiger partial charge in [0.25, 0.3) is 11.8 Å². The van der Waals surface area contributed by atoms with Gasteiger partial charge in [0.2, 0.25) is 0 Å². The number of allylic oxidation sites excluding steroid dienone is 1. The quantitative estimate of drug-likeness (QED) is 0.160. The zero-order valence-corrected chi connectivity index (χ0v) is 25.4. The number of para-hydroxylation sites is 1. The molecule has 2 aliphatic carbocycles.